The summed E-state index contributed by atoms with van der Waals surface area (Å²) in [6.45, 7) is 3.02. The van der Waals surface area contributed by atoms with Crippen LogP contribution < -0.4 is 14.8 Å². The van der Waals surface area contributed by atoms with Crippen LogP contribution in [0.25, 0.3) is 0 Å². The minimum absolute atomic E-state index is 0.0169. The molecule has 0 aliphatic carbocycles. The van der Waals surface area contributed by atoms with Crippen molar-refractivity contribution in [2.75, 3.05) is 26.0 Å². The number of hydrogen-bond donors (Lipinski definition) is 1. The van der Waals surface area contributed by atoms with E-state index in [1.807, 2.05) is 49.4 Å². The Balaban J connectivity index is 1.64. The molecule has 0 aromatic heterocycles. The van der Waals surface area contributed by atoms with Crippen LogP contribution >= 0.6 is 11.8 Å². The zero-order valence-corrected chi connectivity index (χ0v) is 14.9. The Morgan fingerprint density at radius 2 is 1.96 bits per heavy atom. The van der Waals surface area contributed by atoms with Crippen LogP contribution in [0.1, 0.15) is 11.1 Å². The highest BCUT2D eigenvalue weighted by molar-refractivity contribution is 7.99. The predicted molar refractivity (Wildman–Crippen MR) is 98.8 cm³/mol. The van der Waals surface area contributed by atoms with Gasteiger partial charge in [-0.2, -0.15) is 0 Å². The number of amides is 1. The number of thioether (sulfide) groups is 1. The highest BCUT2D eigenvalue weighted by Crippen LogP contribution is 2.24. The lowest BCUT2D eigenvalue weighted by molar-refractivity contribution is -0.118. The lowest BCUT2D eigenvalue weighted by atomic mass is 10.1. The first-order valence-corrected chi connectivity index (χ1v) is 9.00. The van der Waals surface area contributed by atoms with Crippen LogP contribution in [0.5, 0.6) is 11.5 Å². The van der Waals surface area contributed by atoms with Gasteiger partial charge in [0.1, 0.15) is 18.1 Å². The second kappa shape index (κ2) is 9.88. The van der Waals surface area contributed by atoms with Crippen molar-refractivity contribution in [3.05, 3.63) is 59.7 Å². The Kier molecular flexibility index (Phi) is 7.49. The SMILES string of the molecule is COc1ccc(C)cc1CSCC(=O)NCCOc1ccccc1. The molecule has 0 atom stereocenters. The number of hydrogen-bond acceptors (Lipinski definition) is 4. The third-order valence-electron chi connectivity index (χ3n) is 3.36. The molecule has 0 aliphatic rings. The first kappa shape index (κ1) is 18.2. The average Bonchev–Trinajstić information content (AvgIpc) is 2.60. The minimum atomic E-state index is 0.0169. The molecule has 2 aromatic carbocycles. The molecule has 0 aliphatic heterocycles. The summed E-state index contributed by atoms with van der Waals surface area (Å²) in [5.41, 5.74) is 2.30. The number of carbonyl (C=O) groups excluding carboxylic acids is 1. The quantitative estimate of drug-likeness (QED) is 0.707. The predicted octanol–water partition coefficient (Wildman–Crippen LogP) is 3.43. The van der Waals surface area contributed by atoms with Gasteiger partial charge in [0, 0.05) is 11.3 Å². The molecule has 0 spiro atoms. The molecule has 0 unspecified atom stereocenters. The summed E-state index contributed by atoms with van der Waals surface area (Å²) in [6.07, 6.45) is 0. The molecule has 0 heterocycles. The number of methoxy groups -OCH3 is 1. The van der Waals surface area contributed by atoms with E-state index in [1.165, 1.54) is 5.56 Å². The standard InChI is InChI=1S/C19H23NO3S/c1-15-8-9-18(22-2)16(12-15)13-24-14-19(21)20-10-11-23-17-6-4-3-5-7-17/h3-9,12H,10-11,13-14H2,1-2H3,(H,20,21). The maximum Gasteiger partial charge on any atom is 0.230 e. The molecule has 0 radical (unpaired) electrons. The van der Waals surface area contributed by atoms with Crippen molar-refractivity contribution in [1.82, 2.24) is 5.32 Å². The van der Waals surface area contributed by atoms with Gasteiger partial charge in [-0.15, -0.1) is 11.8 Å². The van der Waals surface area contributed by atoms with E-state index < -0.39 is 0 Å². The van der Waals surface area contributed by atoms with Crippen LogP contribution in [-0.4, -0.2) is 31.9 Å². The number of ether oxygens (including phenoxy) is 2. The first-order chi connectivity index (χ1) is 11.7. The van der Waals surface area contributed by atoms with Crippen LogP contribution in [0.4, 0.5) is 0 Å². The van der Waals surface area contributed by atoms with Gasteiger partial charge in [0.2, 0.25) is 5.91 Å². The number of aryl methyl sites for hydroxylation is 1. The molecule has 0 saturated heterocycles. The van der Waals surface area contributed by atoms with E-state index in [0.717, 1.165) is 22.8 Å². The number of benzene rings is 2. The van der Waals surface area contributed by atoms with Gasteiger partial charge in [-0.25, -0.2) is 0 Å². The van der Waals surface area contributed by atoms with Gasteiger partial charge >= 0.3 is 0 Å². The molecule has 2 aromatic rings. The first-order valence-electron chi connectivity index (χ1n) is 7.85. The van der Waals surface area contributed by atoms with Crippen molar-refractivity contribution >= 4 is 17.7 Å². The summed E-state index contributed by atoms with van der Waals surface area (Å²) >= 11 is 1.57. The second-order valence-corrected chi connectivity index (χ2v) is 6.31. The molecule has 2 rings (SSSR count). The van der Waals surface area contributed by atoms with Crippen LogP contribution in [0.3, 0.4) is 0 Å². The van der Waals surface area contributed by atoms with Gasteiger partial charge in [0.25, 0.3) is 0 Å². The van der Waals surface area contributed by atoms with Gasteiger partial charge in [-0.3, -0.25) is 4.79 Å². The van der Waals surface area contributed by atoms with Gasteiger partial charge in [-0.05, 0) is 25.1 Å². The summed E-state index contributed by atoms with van der Waals surface area (Å²) in [5, 5.41) is 2.86. The van der Waals surface area contributed by atoms with E-state index in [-0.39, 0.29) is 5.91 Å². The minimum Gasteiger partial charge on any atom is -0.496 e. The zero-order chi connectivity index (χ0) is 17.2. The molecular weight excluding hydrogens is 322 g/mol. The number of nitrogens with one attached hydrogen (secondary N) is 1. The third-order valence-corrected chi connectivity index (χ3v) is 4.34. The molecule has 1 N–H and O–H groups in total. The lowest BCUT2D eigenvalue weighted by Crippen LogP contribution is -2.29. The molecule has 128 valence electrons. The summed E-state index contributed by atoms with van der Waals surface area (Å²) in [7, 11) is 1.66. The van der Waals surface area contributed by atoms with E-state index in [4.69, 9.17) is 9.47 Å². The van der Waals surface area contributed by atoms with Crippen molar-refractivity contribution in [2.45, 2.75) is 12.7 Å². The Morgan fingerprint density at radius 1 is 1.17 bits per heavy atom. The van der Waals surface area contributed by atoms with Crippen LogP contribution in [-0.2, 0) is 10.5 Å². The van der Waals surface area contributed by atoms with Crippen LogP contribution in [0.2, 0.25) is 0 Å². The van der Waals surface area contributed by atoms with Crippen molar-refractivity contribution in [2.24, 2.45) is 0 Å². The number of carbonyl (C=O) groups is 1. The number of para-hydroxylation sites is 1. The van der Waals surface area contributed by atoms with Gasteiger partial charge in [-0.1, -0.05) is 35.9 Å². The van der Waals surface area contributed by atoms with Crippen molar-refractivity contribution < 1.29 is 14.3 Å². The molecule has 0 saturated carbocycles. The summed E-state index contributed by atoms with van der Waals surface area (Å²) < 4.78 is 10.9. The largest absolute Gasteiger partial charge is 0.496 e. The van der Waals surface area contributed by atoms with E-state index in [1.54, 1.807) is 18.9 Å². The fourth-order valence-electron chi connectivity index (χ4n) is 2.20. The zero-order valence-electron chi connectivity index (χ0n) is 14.1. The van der Waals surface area contributed by atoms with E-state index in [9.17, 15) is 4.79 Å². The topological polar surface area (TPSA) is 47.6 Å². The Morgan fingerprint density at radius 3 is 2.71 bits per heavy atom. The maximum absolute atomic E-state index is 11.8. The van der Waals surface area contributed by atoms with Gasteiger partial charge in [0.05, 0.1) is 19.4 Å². The van der Waals surface area contributed by atoms with Crippen molar-refractivity contribution in [3.8, 4) is 11.5 Å². The normalized spacial score (nSPS) is 10.2. The molecule has 24 heavy (non-hydrogen) atoms. The van der Waals surface area contributed by atoms with E-state index >= 15 is 0 Å². The van der Waals surface area contributed by atoms with Gasteiger partial charge in [0.15, 0.2) is 0 Å². The summed E-state index contributed by atoms with van der Waals surface area (Å²) in [5.74, 6) is 2.86. The van der Waals surface area contributed by atoms with E-state index in [2.05, 4.69) is 11.4 Å². The molecule has 0 fully saturated rings. The Bertz CT molecular complexity index is 646. The monoisotopic (exact) mass is 345 g/mol. The van der Waals surface area contributed by atoms with Gasteiger partial charge < -0.3 is 14.8 Å². The van der Waals surface area contributed by atoms with Crippen LogP contribution in [0.15, 0.2) is 48.5 Å². The molecule has 1 amide bonds. The van der Waals surface area contributed by atoms with Crippen LogP contribution in [0, 0.1) is 6.92 Å². The Labute approximate surface area is 147 Å². The lowest BCUT2D eigenvalue weighted by Gasteiger charge is -2.10. The fraction of sp³-hybridized carbons (Fsp3) is 0.316. The highest BCUT2D eigenvalue weighted by Gasteiger charge is 2.06. The molecular formula is C19H23NO3S. The van der Waals surface area contributed by atoms with Crippen molar-refractivity contribution in [3.63, 3.8) is 0 Å². The fourth-order valence-corrected chi connectivity index (χ4v) is 3.04. The third kappa shape index (κ3) is 6.16. The maximum atomic E-state index is 11.8. The summed E-state index contributed by atoms with van der Waals surface area (Å²) in [4.78, 5) is 11.8. The smallest absolute Gasteiger partial charge is 0.230 e. The van der Waals surface area contributed by atoms with Crippen molar-refractivity contribution in [1.29, 1.82) is 0 Å². The molecule has 0 bridgehead atoms. The summed E-state index contributed by atoms with van der Waals surface area (Å²) in [6, 6.07) is 15.7. The highest BCUT2D eigenvalue weighted by atomic mass is 32.2. The molecule has 4 nitrogen and oxygen atoms in total. The van der Waals surface area contributed by atoms with E-state index in [0.29, 0.717) is 18.9 Å². The average molecular weight is 345 g/mol. The second-order valence-electron chi connectivity index (χ2n) is 5.32. The number of rotatable bonds is 9. The molecule has 5 heteroatoms. The Hall–Kier alpha value is -2.14.